The third kappa shape index (κ3) is 6.15. The number of anilines is 2. The van der Waals surface area contributed by atoms with E-state index in [1.807, 2.05) is 0 Å². The Morgan fingerprint density at radius 3 is 2.70 bits per heavy atom. The molecule has 178 valence electrons. The average molecular weight is 483 g/mol. The largest absolute Gasteiger partial charge is 0.469 e. The maximum atomic E-state index is 14.8. The van der Waals surface area contributed by atoms with Gasteiger partial charge in [0.15, 0.2) is 0 Å². The van der Waals surface area contributed by atoms with Crippen molar-refractivity contribution in [3.8, 4) is 11.1 Å². The van der Waals surface area contributed by atoms with Crippen LogP contribution in [-0.4, -0.2) is 65.3 Å². The molecule has 0 radical (unpaired) electrons. The van der Waals surface area contributed by atoms with Crippen molar-refractivity contribution in [1.29, 1.82) is 0 Å². The van der Waals surface area contributed by atoms with E-state index in [-0.39, 0.29) is 23.8 Å². The van der Waals surface area contributed by atoms with Crippen LogP contribution in [0.25, 0.3) is 11.1 Å². The second-order valence-electron chi connectivity index (χ2n) is 7.06. The fourth-order valence-corrected chi connectivity index (χ4v) is 3.36. The lowest BCUT2D eigenvalue weighted by atomic mass is 10.1. The van der Waals surface area contributed by atoms with Crippen LogP contribution >= 0.6 is 7.82 Å². The van der Waals surface area contributed by atoms with Crippen LogP contribution in [0.15, 0.2) is 41.6 Å². The number of carbonyl (C=O) groups is 1. The molecule has 0 spiro atoms. The molecule has 1 aromatic carbocycles. The average Bonchev–Trinajstić information content (AvgIpc) is 3.11. The van der Waals surface area contributed by atoms with E-state index in [1.54, 1.807) is 19.2 Å². The van der Waals surface area contributed by atoms with Gasteiger partial charge in [-0.05, 0) is 30.3 Å². The first-order valence-electron chi connectivity index (χ1n) is 9.45. The number of nitrogens with zero attached hydrogens (tertiary/aromatic N) is 5. The van der Waals surface area contributed by atoms with Crippen molar-refractivity contribution < 1.29 is 32.8 Å². The van der Waals surface area contributed by atoms with Crippen LogP contribution in [0.2, 0.25) is 0 Å². The highest BCUT2D eigenvalue weighted by molar-refractivity contribution is 7.46. The zero-order valence-corrected chi connectivity index (χ0v) is 18.6. The lowest BCUT2D eigenvalue weighted by molar-refractivity contribution is 0.0880. The predicted molar refractivity (Wildman–Crippen MR) is 117 cm³/mol. The number of nitrogens with two attached hydrogens (primary N) is 2. The maximum Gasteiger partial charge on any atom is 0.469 e. The molecule has 1 saturated heterocycles. The third-order valence-electron chi connectivity index (χ3n) is 4.57. The highest BCUT2D eigenvalue weighted by atomic mass is 31.2. The van der Waals surface area contributed by atoms with Gasteiger partial charge in [0.05, 0.1) is 18.8 Å². The summed E-state index contributed by atoms with van der Waals surface area (Å²) in [6.07, 6.45) is -0.224. The summed E-state index contributed by atoms with van der Waals surface area (Å²) in [6.45, 7) is -0.544. The first-order chi connectivity index (χ1) is 15.4. The lowest BCUT2D eigenvalue weighted by Crippen LogP contribution is -2.37. The van der Waals surface area contributed by atoms with E-state index in [9.17, 15) is 13.8 Å². The monoisotopic (exact) mass is 483 g/mol. The Bertz CT molecular complexity index is 1090. The lowest BCUT2D eigenvalue weighted by Gasteiger charge is -2.18. The van der Waals surface area contributed by atoms with E-state index in [2.05, 4.69) is 14.6 Å². The van der Waals surface area contributed by atoms with Gasteiger partial charge < -0.3 is 20.3 Å². The maximum absolute atomic E-state index is 14.8. The Labute approximate surface area is 188 Å². The standard InChI is InChI=1S/C18H23FN7O6P/c1-24(17(20)23-25(2)21)16-6-3-11(8-22-16)14-5-4-12(7-15(14)19)26-9-13(32-18(26)27)10-31-33(28,29)30/h3-8,13H,9-10,21H2,1-2H3,(H2,20,23)(H2,28,29,30). The van der Waals surface area contributed by atoms with Crippen molar-refractivity contribution in [2.24, 2.45) is 16.7 Å². The van der Waals surface area contributed by atoms with E-state index in [4.69, 9.17) is 26.1 Å². The molecule has 1 amide bonds. The van der Waals surface area contributed by atoms with E-state index in [0.717, 1.165) is 16.1 Å². The van der Waals surface area contributed by atoms with Crippen molar-refractivity contribution in [3.63, 3.8) is 0 Å². The molecule has 1 aromatic heterocycles. The Hall–Kier alpha value is -3.29. The number of carbonyl (C=O) groups excluding carboxylic acids is 1. The molecule has 13 nitrogen and oxygen atoms in total. The first-order valence-corrected chi connectivity index (χ1v) is 11.0. The Morgan fingerprint density at radius 2 is 2.12 bits per heavy atom. The van der Waals surface area contributed by atoms with Crippen LogP contribution in [0.5, 0.6) is 0 Å². The van der Waals surface area contributed by atoms with Crippen LogP contribution in [0.1, 0.15) is 0 Å². The normalized spacial score (nSPS) is 16.7. The van der Waals surface area contributed by atoms with Crippen LogP contribution < -0.4 is 21.4 Å². The highest BCUT2D eigenvalue weighted by Gasteiger charge is 2.34. The predicted octanol–water partition coefficient (Wildman–Crippen LogP) is 0.794. The summed E-state index contributed by atoms with van der Waals surface area (Å²) in [4.78, 5) is 36.5. The van der Waals surface area contributed by atoms with Crippen molar-refractivity contribution in [3.05, 3.63) is 42.3 Å². The second kappa shape index (κ2) is 9.68. The number of aromatic nitrogens is 1. The zero-order valence-electron chi connectivity index (χ0n) is 17.7. The van der Waals surface area contributed by atoms with Crippen molar-refractivity contribution in [2.45, 2.75) is 6.10 Å². The summed E-state index contributed by atoms with van der Waals surface area (Å²) in [5.74, 6) is 5.40. The van der Waals surface area contributed by atoms with Gasteiger partial charge in [-0.2, -0.15) is 0 Å². The van der Waals surface area contributed by atoms with Crippen LogP contribution in [0.3, 0.4) is 0 Å². The van der Waals surface area contributed by atoms with Crippen LogP contribution in [0.4, 0.5) is 20.7 Å². The van der Waals surface area contributed by atoms with E-state index >= 15 is 0 Å². The van der Waals surface area contributed by atoms with Crippen molar-refractivity contribution in [2.75, 3.05) is 37.0 Å². The summed E-state index contributed by atoms with van der Waals surface area (Å²) in [5, 5.41) is 4.93. The molecule has 1 fully saturated rings. The molecule has 1 unspecified atom stereocenters. The number of hydrazone groups is 1. The third-order valence-corrected chi connectivity index (χ3v) is 5.06. The number of halogens is 1. The minimum atomic E-state index is -4.70. The number of benzene rings is 1. The summed E-state index contributed by atoms with van der Waals surface area (Å²) >= 11 is 0. The number of hydrogen-bond donors (Lipinski definition) is 4. The summed E-state index contributed by atoms with van der Waals surface area (Å²) in [7, 11) is -1.54. The fourth-order valence-electron chi connectivity index (χ4n) is 3.00. The SMILES string of the molecule is CN(N)/N=C(\N)N(C)c1ccc(-c2ccc(N3CC(COP(=O)(O)O)OC3=O)cc2F)cn1. The molecule has 1 aliphatic rings. The Balaban J connectivity index is 1.73. The highest BCUT2D eigenvalue weighted by Crippen LogP contribution is 2.37. The number of hydrazine groups is 1. The molecule has 0 saturated carbocycles. The number of hydrogen-bond acceptors (Lipinski definition) is 8. The van der Waals surface area contributed by atoms with Gasteiger partial charge in [0.25, 0.3) is 0 Å². The van der Waals surface area contributed by atoms with E-state index < -0.39 is 32.4 Å². The molecule has 0 aliphatic carbocycles. The molecule has 0 bridgehead atoms. The number of ether oxygens (including phenoxy) is 1. The van der Waals surface area contributed by atoms with Gasteiger partial charge in [-0.3, -0.25) is 14.3 Å². The summed E-state index contributed by atoms with van der Waals surface area (Å²) in [5.41, 5.74) is 6.78. The second-order valence-corrected chi connectivity index (χ2v) is 8.30. The molecule has 3 rings (SSSR count). The molecule has 1 aliphatic heterocycles. The van der Waals surface area contributed by atoms with Gasteiger partial charge in [0.1, 0.15) is 17.7 Å². The fraction of sp³-hybridized carbons (Fsp3) is 0.278. The first kappa shape index (κ1) is 24.4. The van der Waals surface area contributed by atoms with Crippen molar-refractivity contribution in [1.82, 2.24) is 10.1 Å². The molecule has 6 N–H and O–H groups in total. The number of pyridine rings is 1. The number of phosphoric acid groups is 1. The zero-order chi connectivity index (χ0) is 24.3. The quantitative estimate of drug-likeness (QED) is 0.144. The molecule has 2 aromatic rings. The molecule has 33 heavy (non-hydrogen) atoms. The van der Waals surface area contributed by atoms with Gasteiger partial charge in [-0.15, -0.1) is 5.10 Å². The van der Waals surface area contributed by atoms with Gasteiger partial charge in [-0.25, -0.2) is 29.7 Å². The minimum absolute atomic E-state index is 0.0544. The number of rotatable bonds is 7. The smallest absolute Gasteiger partial charge is 0.441 e. The molecule has 1 atom stereocenters. The van der Waals surface area contributed by atoms with Gasteiger partial charge >= 0.3 is 13.9 Å². The topological polar surface area (TPSA) is 180 Å². The minimum Gasteiger partial charge on any atom is -0.441 e. The number of guanidine groups is 1. The van der Waals surface area contributed by atoms with E-state index in [1.165, 1.54) is 30.3 Å². The number of cyclic esters (lactones) is 1. The van der Waals surface area contributed by atoms with Crippen LogP contribution in [-0.2, 0) is 13.8 Å². The molecule has 15 heteroatoms. The Morgan fingerprint density at radius 1 is 1.39 bits per heavy atom. The van der Waals surface area contributed by atoms with Gasteiger partial charge in [0, 0.05) is 31.4 Å². The molecular weight excluding hydrogens is 460 g/mol. The molecular formula is C18H23FN7O6P. The Kier molecular flexibility index (Phi) is 7.15. The molecule has 2 heterocycles. The van der Waals surface area contributed by atoms with Crippen molar-refractivity contribution >= 4 is 31.4 Å². The summed E-state index contributed by atoms with van der Waals surface area (Å²) < 4.78 is 35.0. The van der Waals surface area contributed by atoms with E-state index in [0.29, 0.717) is 11.4 Å². The van der Waals surface area contributed by atoms with Gasteiger partial charge in [0.2, 0.25) is 5.96 Å². The van der Waals surface area contributed by atoms with Crippen LogP contribution in [0, 0.1) is 5.82 Å². The number of amides is 1. The van der Waals surface area contributed by atoms with Gasteiger partial charge in [-0.1, -0.05) is 0 Å². The number of phosphoric ester groups is 1. The summed E-state index contributed by atoms with van der Waals surface area (Å²) in [6, 6.07) is 7.44.